The molecule has 0 amide bonds. The summed E-state index contributed by atoms with van der Waals surface area (Å²) in [5, 5.41) is 0. The first-order chi connectivity index (χ1) is 7.24. The third-order valence-corrected chi connectivity index (χ3v) is 2.52. The van der Waals surface area contributed by atoms with Gasteiger partial charge in [-0.2, -0.15) is 0 Å². The average molecular weight is 202 g/mol. The Labute approximate surface area is 91.8 Å². The monoisotopic (exact) mass is 202 g/mol. The lowest BCUT2D eigenvalue weighted by Gasteiger charge is -1.99. The molecule has 0 aliphatic rings. The quantitative estimate of drug-likeness (QED) is 0.521. The first-order valence-corrected chi connectivity index (χ1v) is 5.48. The van der Waals surface area contributed by atoms with E-state index in [9.17, 15) is 4.79 Å². The zero-order valence-corrected chi connectivity index (χ0v) is 9.49. The van der Waals surface area contributed by atoms with Crippen molar-refractivity contribution in [1.29, 1.82) is 0 Å². The van der Waals surface area contributed by atoms with Gasteiger partial charge in [0.05, 0.1) is 0 Å². The number of ketones is 1. The van der Waals surface area contributed by atoms with E-state index >= 15 is 0 Å². The Morgan fingerprint density at radius 1 is 1.27 bits per heavy atom. The SMILES string of the molecule is CCC(C)=CCCC(=O)c1ccccc1. The molecule has 0 radical (unpaired) electrons. The van der Waals surface area contributed by atoms with Crippen molar-refractivity contribution >= 4 is 5.78 Å². The summed E-state index contributed by atoms with van der Waals surface area (Å²) in [5.41, 5.74) is 2.18. The van der Waals surface area contributed by atoms with Crippen LogP contribution in [0.2, 0.25) is 0 Å². The molecule has 0 fully saturated rings. The maximum Gasteiger partial charge on any atom is 0.163 e. The zero-order valence-electron chi connectivity index (χ0n) is 9.49. The van der Waals surface area contributed by atoms with E-state index in [1.54, 1.807) is 0 Å². The Kier molecular flexibility index (Phi) is 4.82. The second-order valence-corrected chi connectivity index (χ2v) is 3.73. The minimum Gasteiger partial charge on any atom is -0.294 e. The Morgan fingerprint density at radius 2 is 1.93 bits per heavy atom. The topological polar surface area (TPSA) is 17.1 Å². The lowest BCUT2D eigenvalue weighted by Crippen LogP contribution is -1.97. The molecule has 0 atom stereocenters. The number of carbonyl (C=O) groups excluding carboxylic acids is 1. The Balaban J connectivity index is 2.44. The van der Waals surface area contributed by atoms with Crippen molar-refractivity contribution in [2.45, 2.75) is 33.1 Å². The second-order valence-electron chi connectivity index (χ2n) is 3.73. The van der Waals surface area contributed by atoms with Crippen molar-refractivity contribution in [3.05, 3.63) is 47.5 Å². The number of benzene rings is 1. The Morgan fingerprint density at radius 3 is 2.53 bits per heavy atom. The smallest absolute Gasteiger partial charge is 0.163 e. The lowest BCUT2D eigenvalue weighted by molar-refractivity contribution is 0.0983. The summed E-state index contributed by atoms with van der Waals surface area (Å²) in [7, 11) is 0. The second kappa shape index (κ2) is 6.18. The van der Waals surface area contributed by atoms with Crippen molar-refractivity contribution in [1.82, 2.24) is 0 Å². The summed E-state index contributed by atoms with van der Waals surface area (Å²) in [4.78, 5) is 11.7. The van der Waals surface area contributed by atoms with E-state index in [-0.39, 0.29) is 5.78 Å². The van der Waals surface area contributed by atoms with E-state index in [4.69, 9.17) is 0 Å². The largest absolute Gasteiger partial charge is 0.294 e. The third-order valence-electron chi connectivity index (χ3n) is 2.52. The maximum atomic E-state index is 11.7. The highest BCUT2D eigenvalue weighted by atomic mass is 16.1. The number of hydrogen-bond acceptors (Lipinski definition) is 1. The molecule has 80 valence electrons. The highest BCUT2D eigenvalue weighted by Crippen LogP contribution is 2.07. The molecule has 0 saturated carbocycles. The van der Waals surface area contributed by atoms with Gasteiger partial charge >= 0.3 is 0 Å². The lowest BCUT2D eigenvalue weighted by atomic mass is 10.1. The Bertz CT molecular complexity index is 336. The molecule has 15 heavy (non-hydrogen) atoms. The van der Waals surface area contributed by atoms with Gasteiger partial charge in [-0.05, 0) is 19.8 Å². The van der Waals surface area contributed by atoms with Crippen LogP contribution in [0.1, 0.15) is 43.5 Å². The van der Waals surface area contributed by atoms with E-state index in [1.165, 1.54) is 5.57 Å². The fourth-order valence-electron chi connectivity index (χ4n) is 1.36. The van der Waals surface area contributed by atoms with Gasteiger partial charge in [0.25, 0.3) is 0 Å². The van der Waals surface area contributed by atoms with E-state index in [2.05, 4.69) is 19.9 Å². The van der Waals surface area contributed by atoms with E-state index in [0.29, 0.717) is 6.42 Å². The van der Waals surface area contributed by atoms with Crippen LogP contribution >= 0.6 is 0 Å². The number of carbonyl (C=O) groups is 1. The molecule has 0 aliphatic carbocycles. The van der Waals surface area contributed by atoms with Crippen LogP contribution in [0.5, 0.6) is 0 Å². The number of Topliss-reactive ketones (excluding diaryl/α,β-unsaturated/α-hetero) is 1. The molecule has 0 N–H and O–H groups in total. The van der Waals surface area contributed by atoms with E-state index < -0.39 is 0 Å². The van der Waals surface area contributed by atoms with Crippen molar-refractivity contribution in [3.63, 3.8) is 0 Å². The van der Waals surface area contributed by atoms with Crippen LogP contribution in [0.3, 0.4) is 0 Å². The van der Waals surface area contributed by atoms with Gasteiger partial charge < -0.3 is 0 Å². The van der Waals surface area contributed by atoms with E-state index in [0.717, 1.165) is 18.4 Å². The predicted molar refractivity (Wildman–Crippen MR) is 64.1 cm³/mol. The van der Waals surface area contributed by atoms with Gasteiger partial charge in [0.1, 0.15) is 0 Å². The number of hydrogen-bond donors (Lipinski definition) is 0. The van der Waals surface area contributed by atoms with Crippen LogP contribution < -0.4 is 0 Å². The molecule has 0 unspecified atom stereocenters. The normalized spacial score (nSPS) is 11.5. The molecule has 1 heteroatoms. The Hall–Kier alpha value is -1.37. The summed E-state index contributed by atoms with van der Waals surface area (Å²) in [6.07, 6.45) is 4.69. The first-order valence-electron chi connectivity index (χ1n) is 5.48. The summed E-state index contributed by atoms with van der Waals surface area (Å²) in [5.74, 6) is 0.232. The van der Waals surface area contributed by atoms with Gasteiger partial charge in [-0.3, -0.25) is 4.79 Å². The standard InChI is InChI=1S/C14H18O/c1-3-12(2)8-7-11-14(15)13-9-5-4-6-10-13/h4-6,8-10H,3,7,11H2,1-2H3. The van der Waals surface area contributed by atoms with Gasteiger partial charge in [0.2, 0.25) is 0 Å². The molecular formula is C14H18O. The summed E-state index contributed by atoms with van der Waals surface area (Å²) >= 11 is 0. The highest BCUT2D eigenvalue weighted by Gasteiger charge is 2.02. The molecule has 1 aromatic carbocycles. The van der Waals surface area contributed by atoms with Crippen molar-refractivity contribution in [2.75, 3.05) is 0 Å². The van der Waals surface area contributed by atoms with Crippen LogP contribution in [-0.4, -0.2) is 5.78 Å². The molecule has 1 aromatic rings. The highest BCUT2D eigenvalue weighted by molar-refractivity contribution is 5.96. The van der Waals surface area contributed by atoms with Crippen molar-refractivity contribution in [2.24, 2.45) is 0 Å². The predicted octanol–water partition coefficient (Wildman–Crippen LogP) is 4.01. The molecule has 0 aliphatic heterocycles. The molecule has 1 nitrogen and oxygen atoms in total. The van der Waals surface area contributed by atoms with Crippen LogP contribution in [-0.2, 0) is 0 Å². The van der Waals surface area contributed by atoms with Gasteiger partial charge in [0, 0.05) is 12.0 Å². The first kappa shape index (κ1) is 11.7. The number of allylic oxidation sites excluding steroid dienone is 2. The average Bonchev–Trinajstić information content (AvgIpc) is 2.29. The third kappa shape index (κ3) is 4.11. The van der Waals surface area contributed by atoms with Crippen LogP contribution in [0, 0.1) is 0 Å². The van der Waals surface area contributed by atoms with Gasteiger partial charge in [0.15, 0.2) is 5.78 Å². The van der Waals surface area contributed by atoms with Gasteiger partial charge in [-0.15, -0.1) is 0 Å². The molecule has 0 saturated heterocycles. The molecule has 0 heterocycles. The van der Waals surface area contributed by atoms with Crippen LogP contribution in [0.15, 0.2) is 42.0 Å². The van der Waals surface area contributed by atoms with Gasteiger partial charge in [-0.25, -0.2) is 0 Å². The van der Waals surface area contributed by atoms with Crippen LogP contribution in [0.4, 0.5) is 0 Å². The van der Waals surface area contributed by atoms with Crippen molar-refractivity contribution < 1.29 is 4.79 Å². The minimum absolute atomic E-state index is 0.232. The summed E-state index contributed by atoms with van der Waals surface area (Å²) in [6.45, 7) is 4.23. The molecule has 0 bridgehead atoms. The molecule has 0 spiro atoms. The fraction of sp³-hybridized carbons (Fsp3) is 0.357. The zero-order chi connectivity index (χ0) is 11.1. The van der Waals surface area contributed by atoms with Gasteiger partial charge in [-0.1, -0.05) is 48.9 Å². The van der Waals surface area contributed by atoms with E-state index in [1.807, 2.05) is 30.3 Å². The summed E-state index contributed by atoms with van der Waals surface area (Å²) in [6, 6.07) is 9.48. The van der Waals surface area contributed by atoms with Crippen molar-refractivity contribution in [3.8, 4) is 0 Å². The summed E-state index contributed by atoms with van der Waals surface area (Å²) < 4.78 is 0. The minimum atomic E-state index is 0.232. The molecule has 0 aromatic heterocycles. The molecule has 1 rings (SSSR count). The molecular weight excluding hydrogens is 184 g/mol. The fourth-order valence-corrected chi connectivity index (χ4v) is 1.36. The van der Waals surface area contributed by atoms with Crippen LogP contribution in [0.25, 0.3) is 0 Å². The number of rotatable bonds is 5. The maximum absolute atomic E-state index is 11.7.